The number of alkyl halides is 1. The maximum atomic E-state index is 14.1. The standard InChI is InChI=1S/C17H22FN5/c1-9-5-6-11-8-10(2)13(12(11)7-9)20-16-22-14(17(3,4)18)21-15(19)23-16/h5-7,10,13H,8H2,1-4H3,(H3,19,20,21,22,23)/t10-,13-/m1/s1. The van der Waals surface area contributed by atoms with Gasteiger partial charge in [0.1, 0.15) is 0 Å². The second kappa shape index (κ2) is 5.44. The first-order valence-corrected chi connectivity index (χ1v) is 7.81. The zero-order valence-corrected chi connectivity index (χ0v) is 13.9. The van der Waals surface area contributed by atoms with Gasteiger partial charge < -0.3 is 11.1 Å². The normalized spacial score (nSPS) is 20.4. The second-order valence-electron chi connectivity index (χ2n) is 6.82. The fourth-order valence-electron chi connectivity index (χ4n) is 3.04. The van der Waals surface area contributed by atoms with Crippen LogP contribution in [0.5, 0.6) is 0 Å². The zero-order valence-electron chi connectivity index (χ0n) is 13.9. The molecule has 0 radical (unpaired) electrons. The van der Waals surface area contributed by atoms with Gasteiger partial charge >= 0.3 is 0 Å². The van der Waals surface area contributed by atoms with Crippen molar-refractivity contribution < 1.29 is 4.39 Å². The first kappa shape index (κ1) is 15.6. The van der Waals surface area contributed by atoms with E-state index in [1.54, 1.807) is 0 Å². The Morgan fingerprint density at radius 1 is 1.26 bits per heavy atom. The number of benzene rings is 1. The number of anilines is 2. The second-order valence-corrected chi connectivity index (χ2v) is 6.82. The van der Waals surface area contributed by atoms with Gasteiger partial charge in [-0.3, -0.25) is 0 Å². The van der Waals surface area contributed by atoms with Crippen LogP contribution in [-0.4, -0.2) is 15.0 Å². The number of nitrogens with one attached hydrogen (secondary N) is 1. The number of nitrogens with two attached hydrogens (primary N) is 1. The highest BCUT2D eigenvalue weighted by molar-refractivity contribution is 5.44. The van der Waals surface area contributed by atoms with Gasteiger partial charge in [-0.15, -0.1) is 0 Å². The van der Waals surface area contributed by atoms with E-state index in [2.05, 4.69) is 52.3 Å². The minimum atomic E-state index is -1.66. The highest BCUT2D eigenvalue weighted by Gasteiger charge is 2.31. The van der Waals surface area contributed by atoms with Crippen molar-refractivity contribution in [2.24, 2.45) is 5.92 Å². The Bertz CT molecular complexity index is 738. The summed E-state index contributed by atoms with van der Waals surface area (Å²) in [4.78, 5) is 12.2. The fraction of sp³-hybridized carbons (Fsp3) is 0.471. The van der Waals surface area contributed by atoms with E-state index in [4.69, 9.17) is 5.73 Å². The van der Waals surface area contributed by atoms with Crippen LogP contribution in [0.25, 0.3) is 0 Å². The number of hydrogen-bond acceptors (Lipinski definition) is 5. The van der Waals surface area contributed by atoms with Crippen molar-refractivity contribution in [3.8, 4) is 0 Å². The number of aromatic nitrogens is 3. The Labute approximate surface area is 135 Å². The molecule has 1 aliphatic rings. The number of nitrogens with zero attached hydrogens (tertiary/aromatic N) is 3. The van der Waals surface area contributed by atoms with Crippen LogP contribution in [0.1, 0.15) is 49.3 Å². The van der Waals surface area contributed by atoms with E-state index in [-0.39, 0.29) is 17.8 Å². The van der Waals surface area contributed by atoms with E-state index in [9.17, 15) is 4.39 Å². The Morgan fingerprint density at radius 2 is 2.00 bits per heavy atom. The maximum Gasteiger partial charge on any atom is 0.228 e. The lowest BCUT2D eigenvalue weighted by molar-refractivity contribution is 0.206. The quantitative estimate of drug-likeness (QED) is 0.908. The van der Waals surface area contributed by atoms with Gasteiger partial charge in [0, 0.05) is 0 Å². The Hall–Kier alpha value is -2.24. The number of aryl methyl sites for hydroxylation is 1. The molecule has 0 spiro atoms. The fourth-order valence-corrected chi connectivity index (χ4v) is 3.04. The van der Waals surface area contributed by atoms with Crippen LogP contribution in [-0.2, 0) is 12.1 Å². The van der Waals surface area contributed by atoms with Crippen LogP contribution >= 0.6 is 0 Å². The Kier molecular flexibility index (Phi) is 3.70. The van der Waals surface area contributed by atoms with Crippen molar-refractivity contribution >= 4 is 11.9 Å². The number of nitrogen functional groups attached to an aromatic ring is 1. The van der Waals surface area contributed by atoms with Crippen molar-refractivity contribution in [1.82, 2.24) is 15.0 Å². The maximum absolute atomic E-state index is 14.1. The zero-order chi connectivity index (χ0) is 16.8. The summed E-state index contributed by atoms with van der Waals surface area (Å²) in [6.45, 7) is 7.06. The third-order valence-electron chi connectivity index (χ3n) is 4.22. The molecule has 1 heterocycles. The van der Waals surface area contributed by atoms with Gasteiger partial charge in [-0.25, -0.2) is 4.39 Å². The summed E-state index contributed by atoms with van der Waals surface area (Å²) >= 11 is 0. The van der Waals surface area contributed by atoms with E-state index >= 15 is 0 Å². The molecule has 2 aromatic rings. The summed E-state index contributed by atoms with van der Waals surface area (Å²) in [6.07, 6.45) is 0.995. The molecule has 0 amide bonds. The lowest BCUT2D eigenvalue weighted by Crippen LogP contribution is -2.21. The molecular weight excluding hydrogens is 293 g/mol. The minimum absolute atomic E-state index is 0.0262. The van der Waals surface area contributed by atoms with Crippen molar-refractivity contribution in [3.63, 3.8) is 0 Å². The highest BCUT2D eigenvalue weighted by Crippen LogP contribution is 2.38. The summed E-state index contributed by atoms with van der Waals surface area (Å²) < 4.78 is 14.1. The van der Waals surface area contributed by atoms with E-state index < -0.39 is 5.67 Å². The minimum Gasteiger partial charge on any atom is -0.368 e. The topological polar surface area (TPSA) is 76.7 Å². The van der Waals surface area contributed by atoms with Gasteiger partial charge in [0.25, 0.3) is 0 Å². The molecule has 1 aliphatic carbocycles. The molecule has 0 saturated carbocycles. The molecule has 1 aromatic heterocycles. The molecule has 5 nitrogen and oxygen atoms in total. The monoisotopic (exact) mass is 315 g/mol. The smallest absolute Gasteiger partial charge is 0.228 e. The lowest BCUT2D eigenvalue weighted by atomic mass is 10.0. The van der Waals surface area contributed by atoms with Crippen LogP contribution in [0.15, 0.2) is 18.2 Å². The average Bonchev–Trinajstić information content (AvgIpc) is 2.73. The predicted molar refractivity (Wildman–Crippen MR) is 88.8 cm³/mol. The Morgan fingerprint density at radius 3 is 2.70 bits per heavy atom. The summed E-state index contributed by atoms with van der Waals surface area (Å²) in [7, 11) is 0. The largest absolute Gasteiger partial charge is 0.368 e. The third-order valence-corrected chi connectivity index (χ3v) is 4.22. The molecule has 0 aliphatic heterocycles. The predicted octanol–water partition coefficient (Wildman–Crippen LogP) is 3.31. The lowest BCUT2D eigenvalue weighted by Gasteiger charge is -2.20. The summed E-state index contributed by atoms with van der Waals surface area (Å²) in [5, 5.41) is 3.32. The first-order valence-electron chi connectivity index (χ1n) is 7.81. The van der Waals surface area contributed by atoms with E-state index in [1.807, 2.05) is 0 Å². The number of halogens is 1. The van der Waals surface area contributed by atoms with Crippen LogP contribution in [0.3, 0.4) is 0 Å². The van der Waals surface area contributed by atoms with Crippen molar-refractivity contribution in [1.29, 1.82) is 0 Å². The molecule has 23 heavy (non-hydrogen) atoms. The molecule has 6 heteroatoms. The van der Waals surface area contributed by atoms with Gasteiger partial charge in [0.15, 0.2) is 11.5 Å². The Balaban J connectivity index is 1.94. The van der Waals surface area contributed by atoms with Crippen molar-refractivity contribution in [3.05, 3.63) is 40.7 Å². The summed E-state index contributed by atoms with van der Waals surface area (Å²) in [6, 6.07) is 6.56. The number of fused-ring (bicyclic) bond motifs is 1. The van der Waals surface area contributed by atoms with E-state index in [0.29, 0.717) is 11.9 Å². The molecule has 2 atom stereocenters. The van der Waals surface area contributed by atoms with Gasteiger partial charge in [-0.05, 0) is 44.2 Å². The summed E-state index contributed by atoms with van der Waals surface area (Å²) in [5.74, 6) is 0.789. The van der Waals surface area contributed by atoms with Gasteiger partial charge in [-0.2, -0.15) is 15.0 Å². The molecule has 1 aromatic carbocycles. The van der Waals surface area contributed by atoms with E-state index in [0.717, 1.165) is 6.42 Å². The molecule has 0 unspecified atom stereocenters. The number of hydrogen-bond donors (Lipinski definition) is 2. The third kappa shape index (κ3) is 3.11. The van der Waals surface area contributed by atoms with E-state index in [1.165, 1.54) is 30.5 Å². The van der Waals surface area contributed by atoms with Gasteiger partial charge in [0.2, 0.25) is 11.9 Å². The van der Waals surface area contributed by atoms with Crippen LogP contribution in [0.2, 0.25) is 0 Å². The summed E-state index contributed by atoms with van der Waals surface area (Å²) in [5.41, 5.74) is 7.84. The van der Waals surface area contributed by atoms with Gasteiger partial charge in [-0.1, -0.05) is 30.7 Å². The molecule has 0 fully saturated rings. The molecule has 122 valence electrons. The van der Waals surface area contributed by atoms with Crippen LogP contribution < -0.4 is 11.1 Å². The SMILES string of the molecule is Cc1ccc2c(c1)[C@H](Nc1nc(N)nc(C(C)(C)F)n1)[C@H](C)C2. The molecule has 0 saturated heterocycles. The molecule has 3 N–H and O–H groups in total. The highest BCUT2D eigenvalue weighted by atomic mass is 19.1. The molecular formula is C17H22FN5. The van der Waals surface area contributed by atoms with Crippen LogP contribution in [0, 0.1) is 12.8 Å². The average molecular weight is 315 g/mol. The molecule has 0 bridgehead atoms. The molecule has 3 rings (SSSR count). The van der Waals surface area contributed by atoms with Crippen LogP contribution in [0.4, 0.5) is 16.3 Å². The van der Waals surface area contributed by atoms with Crippen molar-refractivity contribution in [2.45, 2.75) is 45.8 Å². The number of rotatable bonds is 3. The van der Waals surface area contributed by atoms with Gasteiger partial charge in [0.05, 0.1) is 6.04 Å². The first-order chi connectivity index (χ1) is 10.7. The van der Waals surface area contributed by atoms with Crippen molar-refractivity contribution in [2.75, 3.05) is 11.1 Å².